The molecule has 2 unspecified atom stereocenters. The molecular weight excluding hydrogens is 334 g/mol. The zero-order chi connectivity index (χ0) is 19.1. The Hall–Kier alpha value is -1.95. The summed E-state index contributed by atoms with van der Waals surface area (Å²) in [5.41, 5.74) is -0.955. The lowest BCUT2D eigenvalue weighted by Crippen LogP contribution is -2.53. The number of hydrogen-bond donors (Lipinski definition) is 1. The van der Waals surface area contributed by atoms with Gasteiger partial charge in [0.15, 0.2) is 0 Å². The number of ether oxygens (including phenoxy) is 3. The van der Waals surface area contributed by atoms with E-state index in [4.69, 9.17) is 14.2 Å². The molecular formula is C20H29NO5. The second-order valence-corrected chi connectivity index (χ2v) is 8.25. The first-order valence-corrected chi connectivity index (χ1v) is 9.13. The molecule has 2 saturated heterocycles. The van der Waals surface area contributed by atoms with Crippen LogP contribution in [0.1, 0.15) is 52.0 Å². The van der Waals surface area contributed by atoms with Crippen molar-refractivity contribution >= 4 is 6.09 Å². The first-order chi connectivity index (χ1) is 12.2. The Labute approximate surface area is 155 Å². The summed E-state index contributed by atoms with van der Waals surface area (Å²) in [6.45, 7) is 5.60. The SMILES string of the molecule is COc1cccc(OC)c1C1(O)CC2CCC(C1)N2C(=O)OC(C)(C)C. The van der Waals surface area contributed by atoms with Gasteiger partial charge in [-0.1, -0.05) is 6.07 Å². The van der Waals surface area contributed by atoms with E-state index in [0.717, 1.165) is 12.8 Å². The van der Waals surface area contributed by atoms with Crippen LogP contribution in [0.15, 0.2) is 18.2 Å². The highest BCUT2D eigenvalue weighted by molar-refractivity contribution is 5.70. The fourth-order valence-corrected chi connectivity index (χ4v) is 4.35. The molecule has 2 heterocycles. The fraction of sp³-hybridized carbons (Fsp3) is 0.650. The summed E-state index contributed by atoms with van der Waals surface area (Å²) >= 11 is 0. The van der Waals surface area contributed by atoms with Crippen molar-refractivity contribution < 1.29 is 24.1 Å². The fourth-order valence-electron chi connectivity index (χ4n) is 4.35. The molecule has 0 aromatic heterocycles. The van der Waals surface area contributed by atoms with Gasteiger partial charge < -0.3 is 24.2 Å². The number of carbonyl (C=O) groups is 1. The molecule has 0 spiro atoms. The minimum Gasteiger partial charge on any atom is -0.496 e. The third-order valence-corrected chi connectivity index (χ3v) is 5.26. The lowest BCUT2D eigenvalue weighted by atomic mass is 9.79. The number of amides is 1. The van der Waals surface area contributed by atoms with E-state index in [0.29, 0.717) is 29.9 Å². The lowest BCUT2D eigenvalue weighted by Gasteiger charge is -2.44. The van der Waals surface area contributed by atoms with Crippen molar-refractivity contribution in [3.05, 3.63) is 23.8 Å². The van der Waals surface area contributed by atoms with E-state index in [-0.39, 0.29) is 18.2 Å². The van der Waals surface area contributed by atoms with Crippen molar-refractivity contribution in [1.82, 2.24) is 4.90 Å². The van der Waals surface area contributed by atoms with E-state index in [1.165, 1.54) is 0 Å². The Morgan fingerprint density at radius 3 is 2.04 bits per heavy atom. The van der Waals surface area contributed by atoms with E-state index in [9.17, 15) is 9.90 Å². The maximum absolute atomic E-state index is 12.6. The Morgan fingerprint density at radius 2 is 1.62 bits per heavy atom. The zero-order valence-electron chi connectivity index (χ0n) is 16.2. The molecule has 2 aliphatic heterocycles. The normalized spacial score (nSPS) is 28.0. The molecule has 0 radical (unpaired) electrons. The van der Waals surface area contributed by atoms with Crippen molar-refractivity contribution in [3.63, 3.8) is 0 Å². The number of aliphatic hydroxyl groups is 1. The largest absolute Gasteiger partial charge is 0.496 e. The Morgan fingerprint density at radius 1 is 1.12 bits per heavy atom. The van der Waals surface area contributed by atoms with E-state index in [1.54, 1.807) is 14.2 Å². The van der Waals surface area contributed by atoms with Gasteiger partial charge in [-0.25, -0.2) is 4.79 Å². The molecule has 3 rings (SSSR count). The molecule has 1 N–H and O–H groups in total. The number of carbonyl (C=O) groups excluding carboxylic acids is 1. The number of piperidine rings is 1. The van der Waals surface area contributed by atoms with Gasteiger partial charge in [-0.3, -0.25) is 0 Å². The summed E-state index contributed by atoms with van der Waals surface area (Å²) in [6, 6.07) is 5.40. The molecule has 2 atom stereocenters. The van der Waals surface area contributed by atoms with Crippen molar-refractivity contribution in [1.29, 1.82) is 0 Å². The first kappa shape index (κ1) is 18.8. The molecule has 1 amide bonds. The lowest BCUT2D eigenvalue weighted by molar-refractivity contribution is -0.0642. The highest BCUT2D eigenvalue weighted by atomic mass is 16.6. The molecule has 1 aromatic rings. The molecule has 6 nitrogen and oxygen atoms in total. The minimum absolute atomic E-state index is 0.0526. The second-order valence-electron chi connectivity index (χ2n) is 8.25. The smallest absolute Gasteiger partial charge is 0.410 e. The average Bonchev–Trinajstić information content (AvgIpc) is 2.85. The van der Waals surface area contributed by atoms with Crippen LogP contribution in [0.2, 0.25) is 0 Å². The monoisotopic (exact) mass is 363 g/mol. The van der Waals surface area contributed by atoms with Gasteiger partial charge in [0, 0.05) is 24.9 Å². The number of methoxy groups -OCH3 is 2. The summed E-state index contributed by atoms with van der Waals surface area (Å²) in [5, 5.41) is 11.5. The van der Waals surface area contributed by atoms with E-state index in [1.807, 2.05) is 43.9 Å². The third kappa shape index (κ3) is 3.34. The summed E-state index contributed by atoms with van der Waals surface area (Å²) in [6.07, 6.45) is 2.32. The molecule has 1 aromatic carbocycles. The van der Waals surface area contributed by atoms with Crippen LogP contribution in [-0.4, -0.2) is 48.0 Å². The molecule has 26 heavy (non-hydrogen) atoms. The van der Waals surface area contributed by atoms with Crippen LogP contribution in [-0.2, 0) is 10.3 Å². The highest BCUT2D eigenvalue weighted by Crippen LogP contribution is 2.50. The quantitative estimate of drug-likeness (QED) is 0.891. The summed E-state index contributed by atoms with van der Waals surface area (Å²) in [5.74, 6) is 1.22. The van der Waals surface area contributed by atoms with Gasteiger partial charge in [-0.05, 0) is 45.7 Å². The number of fused-ring (bicyclic) bond motifs is 2. The molecule has 6 heteroatoms. The van der Waals surface area contributed by atoms with Crippen LogP contribution in [0.3, 0.4) is 0 Å². The summed E-state index contributed by atoms with van der Waals surface area (Å²) in [4.78, 5) is 14.5. The van der Waals surface area contributed by atoms with Gasteiger partial charge in [0.05, 0.1) is 19.8 Å². The summed E-state index contributed by atoms with van der Waals surface area (Å²) < 4.78 is 16.6. The van der Waals surface area contributed by atoms with Gasteiger partial charge in [0.25, 0.3) is 0 Å². The highest BCUT2D eigenvalue weighted by Gasteiger charge is 2.52. The van der Waals surface area contributed by atoms with Crippen LogP contribution in [0.4, 0.5) is 4.79 Å². The standard InChI is InChI=1S/C20H29NO5/c1-19(2,3)26-18(22)21-13-9-10-14(21)12-20(23,11-13)17-15(24-4)7-6-8-16(17)25-5/h6-8,13-14,23H,9-12H2,1-5H3. The van der Waals surface area contributed by atoms with Gasteiger partial charge >= 0.3 is 6.09 Å². The Kier molecular flexibility index (Phi) is 4.82. The van der Waals surface area contributed by atoms with E-state index >= 15 is 0 Å². The Balaban J connectivity index is 1.90. The van der Waals surface area contributed by atoms with Crippen LogP contribution < -0.4 is 9.47 Å². The number of benzene rings is 1. The average molecular weight is 363 g/mol. The van der Waals surface area contributed by atoms with Crippen molar-refractivity contribution in [3.8, 4) is 11.5 Å². The molecule has 2 bridgehead atoms. The third-order valence-electron chi connectivity index (χ3n) is 5.26. The maximum Gasteiger partial charge on any atom is 0.410 e. The molecule has 2 fully saturated rings. The van der Waals surface area contributed by atoms with E-state index in [2.05, 4.69) is 0 Å². The first-order valence-electron chi connectivity index (χ1n) is 9.13. The van der Waals surface area contributed by atoms with Crippen LogP contribution in [0.5, 0.6) is 11.5 Å². The number of hydrogen-bond acceptors (Lipinski definition) is 5. The van der Waals surface area contributed by atoms with Crippen molar-refractivity contribution in [2.75, 3.05) is 14.2 Å². The van der Waals surface area contributed by atoms with Gasteiger partial charge in [-0.2, -0.15) is 0 Å². The van der Waals surface area contributed by atoms with Gasteiger partial charge in [-0.15, -0.1) is 0 Å². The second kappa shape index (κ2) is 6.65. The van der Waals surface area contributed by atoms with Gasteiger partial charge in [0.1, 0.15) is 22.7 Å². The zero-order valence-corrected chi connectivity index (χ0v) is 16.2. The van der Waals surface area contributed by atoms with Crippen molar-refractivity contribution in [2.45, 2.75) is 69.7 Å². The number of rotatable bonds is 3. The molecule has 2 aliphatic rings. The van der Waals surface area contributed by atoms with Crippen molar-refractivity contribution in [2.24, 2.45) is 0 Å². The Bertz CT molecular complexity index is 645. The molecule has 0 saturated carbocycles. The van der Waals surface area contributed by atoms with Crippen LogP contribution in [0.25, 0.3) is 0 Å². The topological polar surface area (TPSA) is 68.2 Å². The van der Waals surface area contributed by atoms with Crippen LogP contribution >= 0.6 is 0 Å². The minimum atomic E-state index is -1.09. The van der Waals surface area contributed by atoms with Crippen LogP contribution in [0, 0.1) is 0 Å². The molecule has 0 aliphatic carbocycles. The summed E-state index contributed by atoms with van der Waals surface area (Å²) in [7, 11) is 3.18. The van der Waals surface area contributed by atoms with E-state index < -0.39 is 11.2 Å². The predicted octanol–water partition coefficient (Wildman–Crippen LogP) is 3.45. The number of nitrogens with zero attached hydrogens (tertiary/aromatic N) is 1. The molecule has 144 valence electrons. The maximum atomic E-state index is 12.6. The van der Waals surface area contributed by atoms with Gasteiger partial charge in [0.2, 0.25) is 0 Å². The predicted molar refractivity (Wildman–Crippen MR) is 97.6 cm³/mol.